The molecule has 0 bridgehead atoms. The number of nitrogens with zero attached hydrogens (tertiary/aromatic N) is 5. The van der Waals surface area contributed by atoms with Gasteiger partial charge in [-0.25, -0.2) is 4.68 Å². The Morgan fingerprint density at radius 1 is 1.39 bits per heavy atom. The van der Waals surface area contributed by atoms with Gasteiger partial charge in [-0.2, -0.15) is 0 Å². The first-order valence-electron chi connectivity index (χ1n) is 6.97. The normalized spacial score (nSPS) is 25.5. The van der Waals surface area contributed by atoms with E-state index < -0.39 is 0 Å². The summed E-state index contributed by atoms with van der Waals surface area (Å²) in [7, 11) is 0. The SMILES string of the molecule is CCCn1nnnc1CN1C(C)CCCC1CN. The molecule has 0 radical (unpaired) electrons. The van der Waals surface area contributed by atoms with Crippen LogP contribution in [0.2, 0.25) is 0 Å². The van der Waals surface area contributed by atoms with Crippen LogP contribution in [0.3, 0.4) is 0 Å². The second-order valence-corrected chi connectivity index (χ2v) is 5.16. The van der Waals surface area contributed by atoms with E-state index in [4.69, 9.17) is 5.73 Å². The highest BCUT2D eigenvalue weighted by Gasteiger charge is 2.28. The van der Waals surface area contributed by atoms with Crippen LogP contribution in [-0.2, 0) is 13.1 Å². The molecule has 2 unspecified atom stereocenters. The van der Waals surface area contributed by atoms with Crippen molar-refractivity contribution in [3.63, 3.8) is 0 Å². The summed E-state index contributed by atoms with van der Waals surface area (Å²) in [6.07, 6.45) is 4.76. The van der Waals surface area contributed by atoms with Crippen LogP contribution < -0.4 is 5.73 Å². The summed E-state index contributed by atoms with van der Waals surface area (Å²) in [6.45, 7) is 6.83. The molecule has 2 N–H and O–H groups in total. The fraction of sp³-hybridized carbons (Fsp3) is 0.917. The lowest BCUT2D eigenvalue weighted by Gasteiger charge is -2.39. The van der Waals surface area contributed by atoms with Gasteiger partial charge in [-0.15, -0.1) is 5.10 Å². The first-order valence-corrected chi connectivity index (χ1v) is 6.97. The molecule has 2 atom stereocenters. The van der Waals surface area contributed by atoms with Crippen molar-refractivity contribution >= 4 is 0 Å². The van der Waals surface area contributed by atoms with Crippen molar-refractivity contribution in [3.8, 4) is 0 Å². The third-order valence-electron chi connectivity index (χ3n) is 3.83. The largest absolute Gasteiger partial charge is 0.329 e. The van der Waals surface area contributed by atoms with E-state index >= 15 is 0 Å². The van der Waals surface area contributed by atoms with Crippen molar-refractivity contribution in [1.82, 2.24) is 25.1 Å². The summed E-state index contributed by atoms with van der Waals surface area (Å²) < 4.78 is 1.91. The van der Waals surface area contributed by atoms with Gasteiger partial charge in [0, 0.05) is 25.2 Å². The molecule has 1 aliphatic heterocycles. The molecular weight excluding hydrogens is 228 g/mol. The monoisotopic (exact) mass is 252 g/mol. The lowest BCUT2D eigenvalue weighted by molar-refractivity contribution is 0.0845. The molecule has 1 aliphatic rings. The van der Waals surface area contributed by atoms with E-state index in [1.165, 1.54) is 19.3 Å². The van der Waals surface area contributed by atoms with Crippen molar-refractivity contribution in [2.24, 2.45) is 5.73 Å². The maximum absolute atomic E-state index is 5.88. The lowest BCUT2D eigenvalue weighted by atomic mass is 9.96. The molecular formula is C12H24N6. The topological polar surface area (TPSA) is 72.9 Å². The quantitative estimate of drug-likeness (QED) is 0.838. The first kappa shape index (κ1) is 13.4. The average molecular weight is 252 g/mol. The smallest absolute Gasteiger partial charge is 0.165 e. The van der Waals surface area contributed by atoms with Crippen molar-refractivity contribution in [2.75, 3.05) is 6.54 Å². The molecule has 102 valence electrons. The second-order valence-electron chi connectivity index (χ2n) is 5.16. The molecule has 0 saturated carbocycles. The predicted molar refractivity (Wildman–Crippen MR) is 69.8 cm³/mol. The van der Waals surface area contributed by atoms with Crippen LogP contribution in [0, 0.1) is 0 Å². The van der Waals surface area contributed by atoms with Gasteiger partial charge < -0.3 is 5.73 Å². The number of nitrogens with two attached hydrogens (primary N) is 1. The Labute approximate surface area is 109 Å². The summed E-state index contributed by atoms with van der Waals surface area (Å²) in [5.41, 5.74) is 5.88. The zero-order valence-corrected chi connectivity index (χ0v) is 11.4. The van der Waals surface area contributed by atoms with Crippen molar-refractivity contribution < 1.29 is 0 Å². The van der Waals surface area contributed by atoms with Crippen LogP contribution >= 0.6 is 0 Å². The van der Waals surface area contributed by atoms with Gasteiger partial charge in [0.1, 0.15) is 0 Å². The standard InChI is InChI=1S/C12H24N6/c1-3-7-18-12(14-15-16-18)9-17-10(2)5-4-6-11(17)8-13/h10-11H,3-9,13H2,1-2H3. The van der Waals surface area contributed by atoms with Gasteiger partial charge in [-0.3, -0.25) is 4.90 Å². The molecule has 1 fully saturated rings. The highest BCUT2D eigenvalue weighted by Crippen LogP contribution is 2.23. The molecule has 2 rings (SSSR count). The minimum Gasteiger partial charge on any atom is -0.329 e. The Morgan fingerprint density at radius 2 is 2.22 bits per heavy atom. The Hall–Kier alpha value is -1.01. The molecule has 6 heteroatoms. The average Bonchev–Trinajstić information content (AvgIpc) is 2.80. The van der Waals surface area contributed by atoms with Crippen molar-refractivity contribution in [2.45, 2.75) is 64.7 Å². The minimum atomic E-state index is 0.473. The number of piperidine rings is 1. The molecule has 18 heavy (non-hydrogen) atoms. The van der Waals surface area contributed by atoms with E-state index in [0.29, 0.717) is 12.1 Å². The van der Waals surface area contributed by atoms with Crippen LogP contribution in [0.15, 0.2) is 0 Å². The maximum Gasteiger partial charge on any atom is 0.165 e. The van der Waals surface area contributed by atoms with E-state index in [1.807, 2.05) is 4.68 Å². The van der Waals surface area contributed by atoms with Gasteiger partial charge >= 0.3 is 0 Å². The summed E-state index contributed by atoms with van der Waals surface area (Å²) >= 11 is 0. The Kier molecular flexibility index (Phi) is 4.66. The van der Waals surface area contributed by atoms with Gasteiger partial charge in [0.2, 0.25) is 0 Å². The first-order chi connectivity index (χ1) is 8.76. The van der Waals surface area contributed by atoms with Crippen LogP contribution in [-0.4, -0.2) is 43.7 Å². The number of likely N-dealkylation sites (tertiary alicyclic amines) is 1. The lowest BCUT2D eigenvalue weighted by Crippen LogP contribution is -2.48. The third-order valence-corrected chi connectivity index (χ3v) is 3.83. The van der Waals surface area contributed by atoms with E-state index in [2.05, 4.69) is 34.3 Å². The van der Waals surface area contributed by atoms with Gasteiger partial charge in [-0.05, 0) is 36.6 Å². The van der Waals surface area contributed by atoms with Crippen LogP contribution in [0.1, 0.15) is 45.4 Å². The van der Waals surface area contributed by atoms with E-state index in [0.717, 1.165) is 31.9 Å². The predicted octanol–water partition coefficient (Wildman–Crippen LogP) is 0.785. The highest BCUT2D eigenvalue weighted by atomic mass is 15.5. The molecule has 2 heterocycles. The molecule has 1 aromatic rings. The number of rotatable bonds is 5. The number of tetrazole rings is 1. The zero-order chi connectivity index (χ0) is 13.0. The Bertz CT molecular complexity index is 363. The summed E-state index contributed by atoms with van der Waals surface area (Å²) in [4.78, 5) is 2.46. The Balaban J connectivity index is 2.07. The minimum absolute atomic E-state index is 0.473. The Morgan fingerprint density at radius 3 is 2.94 bits per heavy atom. The number of aryl methyl sites for hydroxylation is 1. The van der Waals surface area contributed by atoms with Crippen LogP contribution in [0.5, 0.6) is 0 Å². The third kappa shape index (κ3) is 2.87. The molecule has 1 aromatic heterocycles. The molecule has 0 aliphatic carbocycles. The zero-order valence-electron chi connectivity index (χ0n) is 11.4. The van der Waals surface area contributed by atoms with Gasteiger partial charge in [-0.1, -0.05) is 13.3 Å². The fourth-order valence-corrected chi connectivity index (χ4v) is 2.76. The van der Waals surface area contributed by atoms with E-state index in [1.54, 1.807) is 0 Å². The van der Waals surface area contributed by atoms with E-state index in [-0.39, 0.29) is 0 Å². The summed E-state index contributed by atoms with van der Waals surface area (Å²) in [5.74, 6) is 0.962. The molecule has 6 nitrogen and oxygen atoms in total. The van der Waals surface area contributed by atoms with Crippen LogP contribution in [0.25, 0.3) is 0 Å². The van der Waals surface area contributed by atoms with Gasteiger partial charge in [0.15, 0.2) is 5.82 Å². The van der Waals surface area contributed by atoms with Gasteiger partial charge in [0.25, 0.3) is 0 Å². The molecule has 0 aromatic carbocycles. The van der Waals surface area contributed by atoms with Crippen molar-refractivity contribution in [3.05, 3.63) is 5.82 Å². The molecule has 0 amide bonds. The number of hydrogen-bond donors (Lipinski definition) is 1. The summed E-state index contributed by atoms with van der Waals surface area (Å²) in [5, 5.41) is 12.0. The van der Waals surface area contributed by atoms with Crippen molar-refractivity contribution in [1.29, 1.82) is 0 Å². The fourth-order valence-electron chi connectivity index (χ4n) is 2.76. The number of hydrogen-bond acceptors (Lipinski definition) is 5. The second kappa shape index (κ2) is 6.24. The maximum atomic E-state index is 5.88. The van der Waals surface area contributed by atoms with Crippen LogP contribution in [0.4, 0.5) is 0 Å². The van der Waals surface area contributed by atoms with E-state index in [9.17, 15) is 0 Å². The van der Waals surface area contributed by atoms with Gasteiger partial charge in [0.05, 0.1) is 6.54 Å². The number of aromatic nitrogens is 4. The highest BCUT2D eigenvalue weighted by molar-refractivity contribution is 4.89. The molecule has 1 saturated heterocycles. The summed E-state index contributed by atoms with van der Waals surface area (Å²) in [6, 6.07) is 1.04. The molecule has 0 spiro atoms.